The lowest BCUT2D eigenvalue weighted by Gasteiger charge is -2.09. The first-order chi connectivity index (χ1) is 5.68. The zero-order chi connectivity index (χ0) is 8.97. The number of hydrogen-bond acceptors (Lipinski definition) is 2. The third kappa shape index (κ3) is 3.16. The first-order valence-electron chi connectivity index (χ1n) is 4.69. The van der Waals surface area contributed by atoms with E-state index in [9.17, 15) is 9.59 Å². The van der Waals surface area contributed by atoms with Crippen LogP contribution in [-0.4, -0.2) is 11.6 Å². The lowest BCUT2D eigenvalue weighted by atomic mass is 9.94. The van der Waals surface area contributed by atoms with Gasteiger partial charge in [0.15, 0.2) is 0 Å². The standard InChI is InChI=1S/C10H16O2/c1-8(11)6-9-4-2-3-5-10(12)7-9/h9H,2-7H2,1H3/t9-/m1/s1. The molecule has 2 nitrogen and oxygen atoms in total. The van der Waals surface area contributed by atoms with Gasteiger partial charge in [0, 0.05) is 19.3 Å². The van der Waals surface area contributed by atoms with E-state index in [-0.39, 0.29) is 5.78 Å². The third-order valence-electron chi connectivity index (χ3n) is 2.41. The maximum atomic E-state index is 11.2. The first kappa shape index (κ1) is 9.43. The molecule has 0 aromatic rings. The smallest absolute Gasteiger partial charge is 0.133 e. The van der Waals surface area contributed by atoms with Crippen molar-refractivity contribution in [1.29, 1.82) is 0 Å². The van der Waals surface area contributed by atoms with Gasteiger partial charge in [0.2, 0.25) is 0 Å². The number of hydrogen-bond donors (Lipinski definition) is 0. The van der Waals surface area contributed by atoms with Crippen molar-refractivity contribution in [3.05, 3.63) is 0 Å². The molecule has 0 aromatic carbocycles. The summed E-state index contributed by atoms with van der Waals surface area (Å²) in [6.07, 6.45) is 5.17. The molecule has 1 atom stereocenters. The Morgan fingerprint density at radius 3 is 2.92 bits per heavy atom. The lowest BCUT2D eigenvalue weighted by Crippen LogP contribution is -2.08. The number of carbonyl (C=O) groups is 2. The van der Waals surface area contributed by atoms with Crippen LogP contribution in [-0.2, 0) is 9.59 Å². The first-order valence-corrected chi connectivity index (χ1v) is 4.69. The molecular weight excluding hydrogens is 152 g/mol. The van der Waals surface area contributed by atoms with E-state index in [0.29, 0.717) is 24.5 Å². The minimum Gasteiger partial charge on any atom is -0.300 e. The van der Waals surface area contributed by atoms with Gasteiger partial charge in [-0.3, -0.25) is 4.79 Å². The SMILES string of the molecule is CC(=O)C[C@H]1CCCCC(=O)C1. The van der Waals surface area contributed by atoms with Crippen LogP contribution < -0.4 is 0 Å². The summed E-state index contributed by atoms with van der Waals surface area (Å²) in [6.45, 7) is 1.61. The molecule has 0 amide bonds. The highest BCUT2D eigenvalue weighted by Gasteiger charge is 2.18. The minimum atomic E-state index is 0.217. The van der Waals surface area contributed by atoms with Gasteiger partial charge in [0.1, 0.15) is 11.6 Å². The van der Waals surface area contributed by atoms with Gasteiger partial charge in [0.25, 0.3) is 0 Å². The summed E-state index contributed by atoms with van der Waals surface area (Å²) in [5.74, 6) is 0.908. The summed E-state index contributed by atoms with van der Waals surface area (Å²) in [5.41, 5.74) is 0. The Morgan fingerprint density at radius 1 is 1.50 bits per heavy atom. The Morgan fingerprint density at radius 2 is 2.25 bits per heavy atom. The van der Waals surface area contributed by atoms with Crippen molar-refractivity contribution in [3.63, 3.8) is 0 Å². The van der Waals surface area contributed by atoms with Crippen molar-refractivity contribution in [2.75, 3.05) is 0 Å². The van der Waals surface area contributed by atoms with Gasteiger partial charge in [-0.15, -0.1) is 0 Å². The summed E-state index contributed by atoms with van der Waals surface area (Å²) in [4.78, 5) is 22.0. The maximum Gasteiger partial charge on any atom is 0.133 e. The summed E-state index contributed by atoms with van der Waals surface area (Å²) in [6, 6.07) is 0. The zero-order valence-corrected chi connectivity index (χ0v) is 7.64. The van der Waals surface area contributed by atoms with Crippen molar-refractivity contribution in [2.24, 2.45) is 5.92 Å². The van der Waals surface area contributed by atoms with Gasteiger partial charge >= 0.3 is 0 Å². The zero-order valence-electron chi connectivity index (χ0n) is 7.64. The van der Waals surface area contributed by atoms with Gasteiger partial charge in [-0.1, -0.05) is 6.42 Å². The Balaban J connectivity index is 2.41. The molecule has 1 aliphatic rings. The fourth-order valence-corrected chi connectivity index (χ4v) is 1.86. The molecule has 0 bridgehead atoms. The minimum absolute atomic E-state index is 0.217. The number of Topliss-reactive ketones (excluding diaryl/α,β-unsaturated/α-hetero) is 2. The molecular formula is C10H16O2. The third-order valence-corrected chi connectivity index (χ3v) is 2.41. The van der Waals surface area contributed by atoms with E-state index in [0.717, 1.165) is 25.7 Å². The molecule has 0 radical (unpaired) electrons. The molecule has 0 N–H and O–H groups in total. The highest BCUT2D eigenvalue weighted by molar-refractivity contribution is 5.80. The van der Waals surface area contributed by atoms with Crippen molar-refractivity contribution in [2.45, 2.75) is 45.4 Å². The van der Waals surface area contributed by atoms with E-state index in [1.807, 2.05) is 0 Å². The van der Waals surface area contributed by atoms with Crippen LogP contribution in [0.15, 0.2) is 0 Å². The molecule has 0 unspecified atom stereocenters. The summed E-state index contributed by atoms with van der Waals surface area (Å²) in [5, 5.41) is 0. The monoisotopic (exact) mass is 168 g/mol. The fourth-order valence-electron chi connectivity index (χ4n) is 1.86. The van der Waals surface area contributed by atoms with E-state index in [1.54, 1.807) is 6.92 Å². The van der Waals surface area contributed by atoms with Crippen molar-refractivity contribution < 1.29 is 9.59 Å². The van der Waals surface area contributed by atoms with Crippen molar-refractivity contribution >= 4 is 11.6 Å². The molecule has 1 rings (SSSR count). The van der Waals surface area contributed by atoms with Crippen LogP contribution in [0.5, 0.6) is 0 Å². The second-order valence-electron chi connectivity index (χ2n) is 3.76. The topological polar surface area (TPSA) is 34.1 Å². The second kappa shape index (κ2) is 4.39. The van der Waals surface area contributed by atoms with E-state index >= 15 is 0 Å². The predicted molar refractivity (Wildman–Crippen MR) is 46.9 cm³/mol. The van der Waals surface area contributed by atoms with Gasteiger partial charge in [-0.2, -0.15) is 0 Å². The fraction of sp³-hybridized carbons (Fsp3) is 0.800. The molecule has 0 spiro atoms. The summed E-state index contributed by atoms with van der Waals surface area (Å²) < 4.78 is 0. The summed E-state index contributed by atoms with van der Waals surface area (Å²) >= 11 is 0. The largest absolute Gasteiger partial charge is 0.300 e. The molecule has 2 heteroatoms. The quantitative estimate of drug-likeness (QED) is 0.592. The van der Waals surface area contributed by atoms with E-state index in [4.69, 9.17) is 0 Å². The Hall–Kier alpha value is -0.660. The van der Waals surface area contributed by atoms with Gasteiger partial charge in [-0.05, 0) is 25.7 Å². The number of ketones is 2. The number of rotatable bonds is 2. The van der Waals surface area contributed by atoms with Crippen molar-refractivity contribution in [3.8, 4) is 0 Å². The highest BCUT2D eigenvalue weighted by atomic mass is 16.1. The van der Waals surface area contributed by atoms with E-state index < -0.39 is 0 Å². The second-order valence-corrected chi connectivity index (χ2v) is 3.76. The average molecular weight is 168 g/mol. The normalized spacial score (nSPS) is 25.1. The predicted octanol–water partition coefficient (Wildman–Crippen LogP) is 2.11. The van der Waals surface area contributed by atoms with Gasteiger partial charge in [0.05, 0.1) is 0 Å². The molecule has 1 saturated carbocycles. The Bertz CT molecular complexity index is 184. The van der Waals surface area contributed by atoms with Crippen LogP contribution in [0.2, 0.25) is 0 Å². The summed E-state index contributed by atoms with van der Waals surface area (Å²) in [7, 11) is 0. The Kier molecular flexibility index (Phi) is 3.45. The molecule has 0 aromatic heterocycles. The van der Waals surface area contributed by atoms with Crippen LogP contribution in [0.25, 0.3) is 0 Å². The van der Waals surface area contributed by atoms with Crippen molar-refractivity contribution in [1.82, 2.24) is 0 Å². The molecule has 1 fully saturated rings. The lowest BCUT2D eigenvalue weighted by molar-refractivity contribution is -0.120. The molecule has 68 valence electrons. The molecule has 1 aliphatic carbocycles. The molecule has 0 saturated heterocycles. The van der Waals surface area contributed by atoms with Gasteiger partial charge < -0.3 is 4.79 Å². The molecule has 0 heterocycles. The maximum absolute atomic E-state index is 11.2. The van der Waals surface area contributed by atoms with Crippen LogP contribution in [0.1, 0.15) is 45.4 Å². The van der Waals surface area contributed by atoms with Crippen LogP contribution in [0.4, 0.5) is 0 Å². The van der Waals surface area contributed by atoms with E-state index in [1.165, 1.54) is 0 Å². The van der Waals surface area contributed by atoms with Gasteiger partial charge in [-0.25, -0.2) is 0 Å². The van der Waals surface area contributed by atoms with Crippen LogP contribution in [0.3, 0.4) is 0 Å². The van der Waals surface area contributed by atoms with E-state index in [2.05, 4.69) is 0 Å². The van der Waals surface area contributed by atoms with Crippen LogP contribution >= 0.6 is 0 Å². The highest BCUT2D eigenvalue weighted by Crippen LogP contribution is 2.23. The Labute approximate surface area is 73.3 Å². The molecule has 0 aliphatic heterocycles. The number of carbonyl (C=O) groups excluding carboxylic acids is 2. The van der Waals surface area contributed by atoms with Crippen LogP contribution in [0, 0.1) is 5.92 Å². The molecule has 12 heavy (non-hydrogen) atoms. The average Bonchev–Trinajstić information content (AvgIpc) is 2.12.